The zero-order chi connectivity index (χ0) is 15.8. The summed E-state index contributed by atoms with van der Waals surface area (Å²) in [6, 6.07) is -0.622. The Hall–Kier alpha value is -1.20. The molecule has 21 heavy (non-hydrogen) atoms. The first-order chi connectivity index (χ1) is 9.69. The van der Waals surface area contributed by atoms with Crippen LogP contribution in [0.4, 0.5) is 4.79 Å². The first kappa shape index (κ1) is 16.2. The van der Waals surface area contributed by atoms with Crippen LogP contribution in [0.3, 0.4) is 0 Å². The van der Waals surface area contributed by atoms with Gasteiger partial charge in [-0.15, -0.1) is 0 Å². The van der Waals surface area contributed by atoms with E-state index in [1.54, 1.807) is 0 Å². The standard InChI is InChI=1S/C9H16N3O8P/c10-5-1-2-12(9(15)11-5)8-7(14)6(13)4(20-8)3-19-21(16,17)18/h1,4,6-8,13-14H,2-3,10H2,(H,11,15)(H2,16,17,18)/t4-,6-,7-,8-/m1/s1. The van der Waals surface area contributed by atoms with Crippen molar-refractivity contribution in [3.05, 3.63) is 11.9 Å². The van der Waals surface area contributed by atoms with E-state index in [1.807, 2.05) is 0 Å². The van der Waals surface area contributed by atoms with Gasteiger partial charge >= 0.3 is 13.9 Å². The molecule has 0 spiro atoms. The van der Waals surface area contributed by atoms with Crippen LogP contribution >= 0.6 is 7.82 Å². The molecule has 0 saturated carbocycles. The van der Waals surface area contributed by atoms with Gasteiger partial charge in [-0.3, -0.25) is 14.7 Å². The zero-order valence-corrected chi connectivity index (χ0v) is 11.6. The number of aliphatic hydroxyl groups excluding tert-OH is 2. The third-order valence-electron chi connectivity index (χ3n) is 3.07. The number of carbonyl (C=O) groups excluding carboxylic acids is 1. The van der Waals surface area contributed by atoms with E-state index in [4.69, 9.17) is 20.3 Å². The predicted molar refractivity (Wildman–Crippen MR) is 66.2 cm³/mol. The van der Waals surface area contributed by atoms with Gasteiger partial charge in [-0.05, 0) is 6.08 Å². The number of urea groups is 1. The van der Waals surface area contributed by atoms with Crippen molar-refractivity contribution >= 4 is 13.9 Å². The number of hydrogen-bond donors (Lipinski definition) is 6. The first-order valence-electron chi connectivity index (χ1n) is 5.94. The highest BCUT2D eigenvalue weighted by Gasteiger charge is 2.47. The van der Waals surface area contributed by atoms with E-state index in [0.717, 1.165) is 4.90 Å². The van der Waals surface area contributed by atoms with Crippen LogP contribution in [0.5, 0.6) is 0 Å². The Kier molecular flexibility index (Phi) is 4.54. The molecule has 1 fully saturated rings. The number of nitrogens with two attached hydrogens (primary N) is 1. The van der Waals surface area contributed by atoms with Gasteiger partial charge in [0.25, 0.3) is 0 Å². The average molecular weight is 325 g/mol. The van der Waals surface area contributed by atoms with Crippen molar-refractivity contribution in [3.63, 3.8) is 0 Å². The number of ether oxygens (including phenoxy) is 1. The van der Waals surface area contributed by atoms with Gasteiger partial charge in [-0.25, -0.2) is 9.36 Å². The minimum Gasteiger partial charge on any atom is -0.387 e. The molecular formula is C9H16N3O8P. The smallest absolute Gasteiger partial charge is 0.387 e. The van der Waals surface area contributed by atoms with Gasteiger partial charge in [0.15, 0.2) is 6.23 Å². The molecule has 7 N–H and O–H groups in total. The highest BCUT2D eigenvalue weighted by Crippen LogP contribution is 2.37. The minimum atomic E-state index is -4.73. The van der Waals surface area contributed by atoms with Crippen LogP contribution in [-0.2, 0) is 13.8 Å². The molecule has 4 atom stereocenters. The lowest BCUT2D eigenvalue weighted by molar-refractivity contribution is -0.0760. The van der Waals surface area contributed by atoms with E-state index in [1.165, 1.54) is 6.08 Å². The summed E-state index contributed by atoms with van der Waals surface area (Å²) < 4.78 is 20.1. The molecule has 0 aromatic rings. The molecule has 0 unspecified atom stereocenters. The predicted octanol–water partition coefficient (Wildman–Crippen LogP) is -2.63. The third-order valence-corrected chi connectivity index (χ3v) is 3.56. The van der Waals surface area contributed by atoms with Crippen molar-refractivity contribution in [3.8, 4) is 0 Å². The minimum absolute atomic E-state index is 0.0538. The average Bonchev–Trinajstić information content (AvgIpc) is 2.64. The quantitative estimate of drug-likeness (QED) is 0.302. The Morgan fingerprint density at radius 2 is 2.14 bits per heavy atom. The Balaban J connectivity index is 2.03. The van der Waals surface area contributed by atoms with Crippen LogP contribution in [0, 0.1) is 0 Å². The summed E-state index contributed by atoms with van der Waals surface area (Å²) in [5.74, 6) is 0.158. The second-order valence-corrected chi connectivity index (χ2v) is 5.81. The molecule has 12 heteroatoms. The topological polar surface area (TPSA) is 175 Å². The summed E-state index contributed by atoms with van der Waals surface area (Å²) in [4.78, 5) is 30.0. The molecule has 0 aliphatic carbocycles. The molecule has 1 saturated heterocycles. The van der Waals surface area contributed by atoms with Crippen molar-refractivity contribution in [2.24, 2.45) is 5.73 Å². The number of phosphoric acid groups is 1. The third kappa shape index (κ3) is 3.71. The molecule has 2 amide bonds. The van der Waals surface area contributed by atoms with Gasteiger partial charge in [-0.1, -0.05) is 0 Å². The summed E-state index contributed by atoms with van der Waals surface area (Å²) in [6.45, 7) is -0.579. The summed E-state index contributed by atoms with van der Waals surface area (Å²) in [7, 11) is -4.73. The number of rotatable bonds is 4. The summed E-state index contributed by atoms with van der Waals surface area (Å²) in [5.41, 5.74) is 5.41. The molecule has 0 radical (unpaired) electrons. The highest BCUT2D eigenvalue weighted by molar-refractivity contribution is 7.46. The van der Waals surface area contributed by atoms with Gasteiger partial charge in [0.2, 0.25) is 0 Å². The van der Waals surface area contributed by atoms with Gasteiger partial charge in [-0.2, -0.15) is 0 Å². The number of carbonyl (C=O) groups is 1. The molecule has 2 heterocycles. The SMILES string of the molecule is NC1=CCN([C@@H]2O[C@H](COP(=O)(O)O)[C@@H](O)[C@H]2O)C(=O)N1. The molecule has 2 aliphatic heterocycles. The normalized spacial score (nSPS) is 33.8. The van der Waals surface area contributed by atoms with Crippen molar-refractivity contribution < 1.29 is 38.6 Å². The second kappa shape index (κ2) is 5.89. The van der Waals surface area contributed by atoms with Crippen LogP contribution in [0.2, 0.25) is 0 Å². The zero-order valence-electron chi connectivity index (χ0n) is 10.7. The van der Waals surface area contributed by atoms with E-state index >= 15 is 0 Å². The maximum absolute atomic E-state index is 11.7. The van der Waals surface area contributed by atoms with Crippen LogP contribution in [0.1, 0.15) is 0 Å². The van der Waals surface area contributed by atoms with Crippen molar-refractivity contribution in [1.29, 1.82) is 0 Å². The number of nitrogens with zero attached hydrogens (tertiary/aromatic N) is 1. The fraction of sp³-hybridized carbons (Fsp3) is 0.667. The van der Waals surface area contributed by atoms with Crippen LogP contribution < -0.4 is 11.1 Å². The maximum Gasteiger partial charge on any atom is 0.469 e. The Morgan fingerprint density at radius 3 is 2.71 bits per heavy atom. The van der Waals surface area contributed by atoms with Crippen molar-refractivity contribution in [1.82, 2.24) is 10.2 Å². The van der Waals surface area contributed by atoms with Gasteiger partial charge in [0.05, 0.1) is 6.61 Å². The summed E-state index contributed by atoms with van der Waals surface area (Å²) >= 11 is 0. The number of amides is 2. The molecule has 0 aromatic heterocycles. The van der Waals surface area contributed by atoms with E-state index in [2.05, 4.69) is 9.84 Å². The van der Waals surface area contributed by atoms with Crippen LogP contribution in [-0.4, -0.2) is 68.6 Å². The molecule has 2 rings (SSSR count). The van der Waals surface area contributed by atoms with Crippen LogP contribution in [0.25, 0.3) is 0 Å². The molecular weight excluding hydrogens is 309 g/mol. The molecule has 2 aliphatic rings. The lowest BCUT2D eigenvalue weighted by Gasteiger charge is -2.32. The number of hydrogen-bond acceptors (Lipinski definition) is 7. The van der Waals surface area contributed by atoms with E-state index < -0.39 is 45.0 Å². The monoisotopic (exact) mass is 325 g/mol. The number of phosphoric ester groups is 1. The van der Waals surface area contributed by atoms with E-state index in [-0.39, 0.29) is 12.4 Å². The van der Waals surface area contributed by atoms with Crippen molar-refractivity contribution in [2.75, 3.05) is 13.2 Å². The fourth-order valence-electron chi connectivity index (χ4n) is 2.04. The van der Waals surface area contributed by atoms with Gasteiger partial charge in [0.1, 0.15) is 24.1 Å². The summed E-state index contributed by atoms with van der Waals surface area (Å²) in [5, 5.41) is 22.0. The summed E-state index contributed by atoms with van der Waals surface area (Å²) in [6.07, 6.45) is -3.81. The van der Waals surface area contributed by atoms with Gasteiger partial charge in [0, 0.05) is 6.54 Å². The van der Waals surface area contributed by atoms with Gasteiger partial charge < -0.3 is 30.5 Å². The maximum atomic E-state index is 11.7. The van der Waals surface area contributed by atoms with Crippen LogP contribution in [0.15, 0.2) is 11.9 Å². The first-order valence-corrected chi connectivity index (χ1v) is 7.47. The largest absolute Gasteiger partial charge is 0.469 e. The fourth-order valence-corrected chi connectivity index (χ4v) is 2.38. The molecule has 0 aromatic carbocycles. The van der Waals surface area contributed by atoms with E-state index in [0.29, 0.717) is 0 Å². The molecule has 120 valence electrons. The Morgan fingerprint density at radius 1 is 1.48 bits per heavy atom. The Labute approximate surface area is 119 Å². The highest BCUT2D eigenvalue weighted by atomic mass is 31.2. The number of aliphatic hydroxyl groups is 2. The lowest BCUT2D eigenvalue weighted by Crippen LogP contribution is -2.54. The second-order valence-electron chi connectivity index (χ2n) is 4.57. The lowest BCUT2D eigenvalue weighted by atomic mass is 10.1. The van der Waals surface area contributed by atoms with Crippen molar-refractivity contribution in [2.45, 2.75) is 24.5 Å². The molecule has 11 nitrogen and oxygen atoms in total. The Bertz CT molecular complexity index is 493. The molecule has 0 bridgehead atoms. The number of nitrogens with one attached hydrogen (secondary N) is 1. The van der Waals surface area contributed by atoms with E-state index in [9.17, 15) is 19.6 Å².